The Bertz CT molecular complexity index is 857. The smallest absolute Gasteiger partial charge is 0.225 e. The van der Waals surface area contributed by atoms with E-state index >= 15 is 0 Å². The quantitative estimate of drug-likeness (QED) is 0.799. The molecule has 1 N–H and O–H groups in total. The SMILES string of the molecule is O=C(NCc1ccc2ccccc2n1)C1CCc2ncnn2C1. The van der Waals surface area contributed by atoms with E-state index in [4.69, 9.17) is 0 Å². The van der Waals surface area contributed by atoms with E-state index in [0.29, 0.717) is 13.1 Å². The van der Waals surface area contributed by atoms with Gasteiger partial charge in [-0.2, -0.15) is 5.10 Å². The highest BCUT2D eigenvalue weighted by atomic mass is 16.1. The molecule has 3 heterocycles. The van der Waals surface area contributed by atoms with Crippen LogP contribution in [0.1, 0.15) is 17.9 Å². The Hall–Kier alpha value is -2.76. The predicted octanol–water partition coefficient (Wildman–Crippen LogP) is 1.71. The molecule has 1 aromatic carbocycles. The van der Waals surface area contributed by atoms with E-state index in [-0.39, 0.29) is 11.8 Å². The summed E-state index contributed by atoms with van der Waals surface area (Å²) in [5.41, 5.74) is 1.82. The van der Waals surface area contributed by atoms with Crippen LogP contribution in [0.2, 0.25) is 0 Å². The molecule has 1 aliphatic rings. The molecule has 0 spiro atoms. The Kier molecular flexibility index (Phi) is 3.49. The molecule has 6 heteroatoms. The van der Waals surface area contributed by atoms with Crippen molar-refractivity contribution in [1.29, 1.82) is 0 Å². The first-order valence-corrected chi connectivity index (χ1v) is 7.79. The van der Waals surface area contributed by atoms with Crippen molar-refractivity contribution < 1.29 is 4.79 Å². The van der Waals surface area contributed by atoms with Gasteiger partial charge in [0.05, 0.1) is 30.2 Å². The second kappa shape index (κ2) is 5.79. The topological polar surface area (TPSA) is 72.7 Å². The number of carbonyl (C=O) groups is 1. The third-order valence-corrected chi connectivity index (χ3v) is 4.28. The zero-order valence-corrected chi connectivity index (χ0v) is 12.6. The molecular weight excluding hydrogens is 290 g/mol. The molecule has 3 aromatic rings. The first-order chi connectivity index (χ1) is 11.3. The number of fused-ring (bicyclic) bond motifs is 2. The molecule has 23 heavy (non-hydrogen) atoms. The fourth-order valence-corrected chi connectivity index (χ4v) is 2.98. The van der Waals surface area contributed by atoms with Gasteiger partial charge < -0.3 is 5.32 Å². The minimum atomic E-state index is -0.0512. The lowest BCUT2D eigenvalue weighted by Crippen LogP contribution is -2.36. The Balaban J connectivity index is 1.41. The third-order valence-electron chi connectivity index (χ3n) is 4.28. The Labute approximate surface area is 133 Å². The standard InChI is InChI=1S/C17H17N5O/c23-17(13-6-8-16-19-11-20-22(16)10-13)18-9-14-7-5-12-3-1-2-4-15(12)21-14/h1-5,7,11,13H,6,8-10H2,(H,18,23). The van der Waals surface area contributed by atoms with Gasteiger partial charge >= 0.3 is 0 Å². The summed E-state index contributed by atoms with van der Waals surface area (Å²) in [4.78, 5) is 21.1. The molecular formula is C17H17N5O. The fourth-order valence-electron chi connectivity index (χ4n) is 2.98. The zero-order valence-electron chi connectivity index (χ0n) is 12.6. The molecule has 6 nitrogen and oxygen atoms in total. The Morgan fingerprint density at radius 1 is 1.26 bits per heavy atom. The van der Waals surface area contributed by atoms with Gasteiger partial charge in [-0.1, -0.05) is 24.3 Å². The molecule has 2 aromatic heterocycles. The molecule has 4 rings (SSSR count). The van der Waals surface area contributed by atoms with Crippen LogP contribution < -0.4 is 5.32 Å². The third kappa shape index (κ3) is 2.79. The van der Waals surface area contributed by atoms with Gasteiger partial charge in [0.1, 0.15) is 12.2 Å². The summed E-state index contributed by atoms with van der Waals surface area (Å²) in [7, 11) is 0. The van der Waals surface area contributed by atoms with Crippen LogP contribution in [0.5, 0.6) is 0 Å². The number of para-hydroxylation sites is 1. The summed E-state index contributed by atoms with van der Waals surface area (Å²) in [5.74, 6) is 0.969. The maximum absolute atomic E-state index is 12.4. The van der Waals surface area contributed by atoms with Crippen molar-refractivity contribution in [3.05, 3.63) is 54.2 Å². The molecule has 1 unspecified atom stereocenters. The Morgan fingerprint density at radius 3 is 3.13 bits per heavy atom. The molecule has 0 saturated carbocycles. The van der Waals surface area contributed by atoms with Gasteiger partial charge in [0, 0.05) is 11.8 Å². The highest BCUT2D eigenvalue weighted by Gasteiger charge is 2.25. The molecule has 1 amide bonds. The maximum Gasteiger partial charge on any atom is 0.225 e. The summed E-state index contributed by atoms with van der Waals surface area (Å²) < 4.78 is 1.82. The van der Waals surface area contributed by atoms with Gasteiger partial charge in [0.2, 0.25) is 5.91 Å². The van der Waals surface area contributed by atoms with Crippen LogP contribution in [0.3, 0.4) is 0 Å². The van der Waals surface area contributed by atoms with Gasteiger partial charge in [-0.25, -0.2) is 9.67 Å². The monoisotopic (exact) mass is 307 g/mol. The van der Waals surface area contributed by atoms with Gasteiger partial charge in [-0.15, -0.1) is 0 Å². The van der Waals surface area contributed by atoms with Crippen molar-refractivity contribution in [3.8, 4) is 0 Å². The number of aromatic nitrogens is 4. The van der Waals surface area contributed by atoms with Crippen molar-refractivity contribution in [2.24, 2.45) is 5.92 Å². The lowest BCUT2D eigenvalue weighted by atomic mass is 9.99. The lowest BCUT2D eigenvalue weighted by molar-refractivity contribution is -0.126. The van der Waals surface area contributed by atoms with E-state index in [1.165, 1.54) is 0 Å². The number of nitrogens with zero attached hydrogens (tertiary/aromatic N) is 4. The molecule has 1 aliphatic heterocycles. The van der Waals surface area contributed by atoms with E-state index in [1.54, 1.807) is 6.33 Å². The maximum atomic E-state index is 12.4. The van der Waals surface area contributed by atoms with E-state index in [0.717, 1.165) is 35.3 Å². The number of nitrogens with one attached hydrogen (secondary N) is 1. The van der Waals surface area contributed by atoms with Gasteiger partial charge in [0.25, 0.3) is 0 Å². The number of hydrogen-bond donors (Lipinski definition) is 1. The molecule has 0 saturated heterocycles. The number of pyridine rings is 1. The number of amides is 1. The van der Waals surface area contributed by atoms with Crippen molar-refractivity contribution in [2.45, 2.75) is 25.9 Å². The second-order valence-corrected chi connectivity index (χ2v) is 5.81. The molecule has 0 radical (unpaired) electrons. The number of benzene rings is 1. The first kappa shape index (κ1) is 13.9. The number of carbonyl (C=O) groups excluding carboxylic acids is 1. The fraction of sp³-hybridized carbons (Fsp3) is 0.294. The molecule has 0 bridgehead atoms. The highest BCUT2D eigenvalue weighted by Crippen LogP contribution is 2.18. The molecule has 116 valence electrons. The van der Waals surface area contributed by atoms with Crippen LogP contribution in [0, 0.1) is 5.92 Å². The van der Waals surface area contributed by atoms with Gasteiger partial charge in [-0.05, 0) is 18.6 Å². The van der Waals surface area contributed by atoms with Crippen molar-refractivity contribution in [2.75, 3.05) is 0 Å². The van der Waals surface area contributed by atoms with Crippen LogP contribution in [0.15, 0.2) is 42.7 Å². The normalized spacial score (nSPS) is 17.0. The summed E-state index contributed by atoms with van der Waals surface area (Å²) >= 11 is 0. The average Bonchev–Trinajstić information content (AvgIpc) is 3.07. The minimum Gasteiger partial charge on any atom is -0.350 e. The largest absolute Gasteiger partial charge is 0.350 e. The average molecular weight is 307 g/mol. The van der Waals surface area contributed by atoms with Crippen molar-refractivity contribution >= 4 is 16.8 Å². The van der Waals surface area contributed by atoms with Crippen molar-refractivity contribution in [1.82, 2.24) is 25.1 Å². The second-order valence-electron chi connectivity index (χ2n) is 5.81. The van der Waals surface area contributed by atoms with E-state index in [2.05, 4.69) is 20.4 Å². The molecule has 0 aliphatic carbocycles. The van der Waals surface area contributed by atoms with E-state index < -0.39 is 0 Å². The number of rotatable bonds is 3. The van der Waals surface area contributed by atoms with Crippen LogP contribution in [0.25, 0.3) is 10.9 Å². The van der Waals surface area contributed by atoms with Crippen LogP contribution in [-0.4, -0.2) is 25.7 Å². The molecule has 1 atom stereocenters. The predicted molar refractivity (Wildman–Crippen MR) is 85.4 cm³/mol. The molecule has 0 fully saturated rings. The Morgan fingerprint density at radius 2 is 2.17 bits per heavy atom. The van der Waals surface area contributed by atoms with E-state index in [9.17, 15) is 4.79 Å². The summed E-state index contributed by atoms with van der Waals surface area (Å²) in [5, 5.41) is 8.25. The summed E-state index contributed by atoms with van der Waals surface area (Å²) in [6, 6.07) is 12.0. The highest BCUT2D eigenvalue weighted by molar-refractivity contribution is 5.79. The number of aryl methyl sites for hydroxylation is 1. The zero-order chi connectivity index (χ0) is 15.6. The van der Waals surface area contributed by atoms with Gasteiger partial charge in [0.15, 0.2) is 0 Å². The minimum absolute atomic E-state index is 0.0512. The van der Waals surface area contributed by atoms with E-state index in [1.807, 2.05) is 41.1 Å². The summed E-state index contributed by atoms with van der Waals surface area (Å²) in [6.45, 7) is 1.05. The first-order valence-electron chi connectivity index (χ1n) is 7.79. The van der Waals surface area contributed by atoms with Gasteiger partial charge in [-0.3, -0.25) is 9.78 Å². The van der Waals surface area contributed by atoms with Crippen molar-refractivity contribution in [3.63, 3.8) is 0 Å². The lowest BCUT2D eigenvalue weighted by Gasteiger charge is -2.21. The van der Waals surface area contributed by atoms with Crippen LogP contribution in [0.4, 0.5) is 0 Å². The summed E-state index contributed by atoms with van der Waals surface area (Å²) in [6.07, 6.45) is 3.16. The number of hydrogen-bond acceptors (Lipinski definition) is 4. The van der Waals surface area contributed by atoms with Crippen LogP contribution >= 0.6 is 0 Å². The van der Waals surface area contributed by atoms with Crippen LogP contribution in [-0.2, 0) is 24.3 Å².